The van der Waals surface area contributed by atoms with Crippen molar-refractivity contribution < 1.29 is 42.1 Å². The van der Waals surface area contributed by atoms with Crippen LogP contribution >= 0.6 is 0 Å². The Balaban J connectivity index is 1.56. The van der Waals surface area contributed by atoms with E-state index in [0.717, 1.165) is 23.3 Å². The molecule has 0 atom stereocenters. The summed E-state index contributed by atoms with van der Waals surface area (Å²) in [6.45, 7) is -0.127. The van der Waals surface area contributed by atoms with Crippen molar-refractivity contribution in [3.05, 3.63) is 114 Å². The molecule has 4 rings (SSSR count). The predicted octanol–water partition coefficient (Wildman–Crippen LogP) is 6.66. The van der Waals surface area contributed by atoms with Gasteiger partial charge in [0.2, 0.25) is 0 Å². The first-order valence-electron chi connectivity index (χ1n) is 12.7. The maximum Gasteiger partial charge on any atom is 0.573 e. The van der Waals surface area contributed by atoms with E-state index in [-0.39, 0.29) is 30.8 Å². The minimum Gasteiger partial charge on any atom is -0.481 e. The van der Waals surface area contributed by atoms with E-state index < -0.39 is 30.1 Å². The molecule has 0 spiro atoms. The second-order valence-electron chi connectivity index (χ2n) is 8.99. The topological polar surface area (TPSA) is 105 Å². The van der Waals surface area contributed by atoms with Gasteiger partial charge in [-0.05, 0) is 65.2 Å². The molecular formula is C31H25F3N2O6. The highest BCUT2D eigenvalue weighted by Crippen LogP contribution is 2.27. The Morgan fingerprint density at radius 2 is 1.45 bits per heavy atom. The van der Waals surface area contributed by atoms with Crippen LogP contribution in [0.2, 0.25) is 0 Å². The lowest BCUT2D eigenvalue weighted by Gasteiger charge is -2.23. The molecule has 0 bridgehead atoms. The number of carboxylic acids is 1. The van der Waals surface area contributed by atoms with Crippen molar-refractivity contribution in [3.63, 3.8) is 0 Å². The minimum atomic E-state index is -4.84. The predicted molar refractivity (Wildman–Crippen MR) is 148 cm³/mol. The Labute approximate surface area is 238 Å². The summed E-state index contributed by atoms with van der Waals surface area (Å²) in [7, 11) is 0. The van der Waals surface area contributed by atoms with Gasteiger partial charge in [0.25, 0.3) is 5.91 Å². The summed E-state index contributed by atoms with van der Waals surface area (Å²) in [4.78, 5) is 37.8. The number of alkyl halides is 3. The lowest BCUT2D eigenvalue weighted by atomic mass is 10.1. The van der Waals surface area contributed by atoms with Crippen LogP contribution in [0.1, 0.15) is 22.3 Å². The zero-order valence-corrected chi connectivity index (χ0v) is 22.0. The number of aliphatic carboxylic acids is 1. The van der Waals surface area contributed by atoms with Crippen LogP contribution < -0.4 is 19.7 Å². The van der Waals surface area contributed by atoms with E-state index in [0.29, 0.717) is 11.3 Å². The molecule has 0 radical (unpaired) electrons. The summed E-state index contributed by atoms with van der Waals surface area (Å²) < 4.78 is 47.3. The fourth-order valence-electron chi connectivity index (χ4n) is 3.94. The molecule has 0 aromatic heterocycles. The SMILES string of the molecule is O=C(O)CCNC(=O)c1ccc(N(Cc2ccc(OC(F)(F)F)cc2)C(=O)Oc2cccc(-c3ccccc3)c2)cc1. The number of carbonyl (C=O) groups excluding carboxylic acids is 2. The second kappa shape index (κ2) is 13.4. The highest BCUT2D eigenvalue weighted by atomic mass is 19.4. The number of benzene rings is 4. The highest BCUT2D eigenvalue weighted by molar-refractivity contribution is 5.95. The maximum atomic E-state index is 13.4. The quantitative estimate of drug-likeness (QED) is 0.218. The summed E-state index contributed by atoms with van der Waals surface area (Å²) in [5, 5.41) is 11.3. The molecule has 0 aliphatic rings. The van der Waals surface area contributed by atoms with Crippen molar-refractivity contribution in [2.24, 2.45) is 0 Å². The van der Waals surface area contributed by atoms with Gasteiger partial charge in [-0.2, -0.15) is 0 Å². The molecule has 0 saturated heterocycles. The first-order valence-corrected chi connectivity index (χ1v) is 12.7. The zero-order valence-electron chi connectivity index (χ0n) is 22.0. The molecule has 0 saturated carbocycles. The van der Waals surface area contributed by atoms with Crippen molar-refractivity contribution in [2.75, 3.05) is 11.4 Å². The number of rotatable bonds is 10. The van der Waals surface area contributed by atoms with Crippen LogP contribution in [0, 0.1) is 0 Å². The molecule has 216 valence electrons. The third-order valence-corrected chi connectivity index (χ3v) is 5.93. The molecule has 4 aromatic rings. The van der Waals surface area contributed by atoms with E-state index in [9.17, 15) is 27.6 Å². The zero-order chi connectivity index (χ0) is 30.1. The van der Waals surface area contributed by atoms with Crippen LogP contribution in [0.4, 0.5) is 23.7 Å². The molecule has 11 heteroatoms. The molecule has 2 amide bonds. The lowest BCUT2D eigenvalue weighted by Crippen LogP contribution is -2.33. The number of carbonyl (C=O) groups is 3. The van der Waals surface area contributed by atoms with Gasteiger partial charge < -0.3 is 19.9 Å². The largest absolute Gasteiger partial charge is 0.573 e. The van der Waals surface area contributed by atoms with Gasteiger partial charge in [0.1, 0.15) is 11.5 Å². The summed E-state index contributed by atoms with van der Waals surface area (Å²) in [6.07, 6.45) is -5.84. The number of halogens is 3. The average molecular weight is 579 g/mol. The minimum absolute atomic E-state index is 0.0511. The van der Waals surface area contributed by atoms with Gasteiger partial charge >= 0.3 is 18.4 Å². The second-order valence-corrected chi connectivity index (χ2v) is 8.99. The summed E-state index contributed by atoms with van der Waals surface area (Å²) in [6, 6.07) is 27.4. The number of nitrogens with zero attached hydrogens (tertiary/aromatic N) is 1. The van der Waals surface area contributed by atoms with Crippen LogP contribution in [0.15, 0.2) is 103 Å². The van der Waals surface area contributed by atoms with Gasteiger partial charge in [-0.1, -0.05) is 54.6 Å². The molecular weight excluding hydrogens is 553 g/mol. The number of amides is 2. The molecule has 0 aliphatic carbocycles. The van der Waals surface area contributed by atoms with Crippen molar-refractivity contribution in [2.45, 2.75) is 19.3 Å². The Morgan fingerprint density at radius 3 is 2.10 bits per heavy atom. The first kappa shape index (κ1) is 29.7. The van der Waals surface area contributed by atoms with Crippen LogP contribution in [0.3, 0.4) is 0 Å². The summed E-state index contributed by atoms with van der Waals surface area (Å²) >= 11 is 0. The summed E-state index contributed by atoms with van der Waals surface area (Å²) in [5.41, 5.74) is 2.81. The standard InChI is InChI=1S/C31H25F3N2O6/c32-31(33,34)42-26-15-9-21(10-16-26)20-36(25-13-11-23(12-14-25)29(39)35-18-17-28(37)38)30(40)41-27-8-4-7-24(19-27)22-5-2-1-3-6-22/h1-16,19H,17-18,20H2,(H,35,39)(H,37,38). The van der Waals surface area contributed by atoms with E-state index in [1.165, 1.54) is 41.3 Å². The van der Waals surface area contributed by atoms with Gasteiger partial charge in [-0.25, -0.2) is 4.79 Å². The monoisotopic (exact) mass is 578 g/mol. The Kier molecular flexibility index (Phi) is 9.43. The smallest absolute Gasteiger partial charge is 0.481 e. The Bertz CT molecular complexity index is 1530. The van der Waals surface area contributed by atoms with Crippen molar-refractivity contribution in [1.29, 1.82) is 0 Å². The normalized spacial score (nSPS) is 10.9. The van der Waals surface area contributed by atoms with Crippen LogP contribution in [-0.4, -0.2) is 36.0 Å². The number of anilines is 1. The molecule has 0 unspecified atom stereocenters. The van der Waals surface area contributed by atoms with Gasteiger partial charge in [-0.3, -0.25) is 14.5 Å². The van der Waals surface area contributed by atoms with E-state index in [2.05, 4.69) is 10.1 Å². The van der Waals surface area contributed by atoms with Crippen molar-refractivity contribution in [3.8, 4) is 22.6 Å². The number of nitrogens with one attached hydrogen (secondary N) is 1. The average Bonchev–Trinajstić information content (AvgIpc) is 2.96. The molecule has 2 N–H and O–H groups in total. The third kappa shape index (κ3) is 8.59. The number of ether oxygens (including phenoxy) is 2. The molecule has 0 heterocycles. The molecule has 4 aromatic carbocycles. The number of hydrogen-bond donors (Lipinski definition) is 2. The van der Waals surface area contributed by atoms with Crippen LogP contribution in [0.5, 0.6) is 11.5 Å². The van der Waals surface area contributed by atoms with Gasteiger partial charge in [0.15, 0.2) is 0 Å². The van der Waals surface area contributed by atoms with Crippen molar-refractivity contribution in [1.82, 2.24) is 5.32 Å². The molecule has 0 aliphatic heterocycles. The Morgan fingerprint density at radius 1 is 0.786 bits per heavy atom. The third-order valence-electron chi connectivity index (χ3n) is 5.93. The fourth-order valence-corrected chi connectivity index (χ4v) is 3.94. The van der Waals surface area contributed by atoms with Gasteiger partial charge in [0, 0.05) is 17.8 Å². The van der Waals surface area contributed by atoms with Crippen LogP contribution in [-0.2, 0) is 11.3 Å². The van der Waals surface area contributed by atoms with Crippen LogP contribution in [0.25, 0.3) is 11.1 Å². The van der Waals surface area contributed by atoms with Gasteiger partial charge in [-0.15, -0.1) is 13.2 Å². The lowest BCUT2D eigenvalue weighted by molar-refractivity contribution is -0.274. The van der Waals surface area contributed by atoms with E-state index in [1.54, 1.807) is 18.2 Å². The highest BCUT2D eigenvalue weighted by Gasteiger charge is 2.31. The molecule has 8 nitrogen and oxygen atoms in total. The first-order chi connectivity index (χ1) is 20.1. The van der Waals surface area contributed by atoms with E-state index in [1.807, 2.05) is 36.4 Å². The fraction of sp³-hybridized carbons (Fsp3) is 0.129. The van der Waals surface area contributed by atoms with Gasteiger partial charge in [0.05, 0.1) is 13.0 Å². The van der Waals surface area contributed by atoms with E-state index in [4.69, 9.17) is 9.84 Å². The molecule has 42 heavy (non-hydrogen) atoms. The molecule has 0 fully saturated rings. The van der Waals surface area contributed by atoms with E-state index >= 15 is 0 Å². The number of hydrogen-bond acceptors (Lipinski definition) is 5. The maximum absolute atomic E-state index is 13.4. The summed E-state index contributed by atoms with van der Waals surface area (Å²) in [5.74, 6) is -1.67. The Hall–Kier alpha value is -5.32. The number of carboxylic acid groups (broad SMARTS) is 1. The van der Waals surface area contributed by atoms with Crippen molar-refractivity contribution >= 4 is 23.7 Å².